The summed E-state index contributed by atoms with van der Waals surface area (Å²) in [7, 11) is 1.74. The molecular weight excluding hydrogens is 274 g/mol. The Morgan fingerprint density at radius 1 is 1.47 bits per heavy atom. The predicted octanol–water partition coefficient (Wildman–Crippen LogP) is 3.20. The van der Waals surface area contributed by atoms with Crippen LogP contribution in [-0.2, 0) is 11.2 Å². The fraction of sp³-hybridized carbons (Fsp3) is 0.636. The molecule has 0 spiro atoms. The van der Waals surface area contributed by atoms with Gasteiger partial charge in [0.25, 0.3) is 0 Å². The van der Waals surface area contributed by atoms with E-state index in [0.29, 0.717) is 6.10 Å². The highest BCUT2D eigenvalue weighted by molar-refractivity contribution is 9.11. The van der Waals surface area contributed by atoms with E-state index in [-0.39, 0.29) is 6.04 Å². The molecule has 0 aliphatic carbocycles. The Kier molecular flexibility index (Phi) is 5.82. The first-order valence-electron chi connectivity index (χ1n) is 5.14. The monoisotopic (exact) mass is 291 g/mol. The van der Waals surface area contributed by atoms with E-state index in [1.807, 2.05) is 0 Å². The molecule has 0 radical (unpaired) electrons. The van der Waals surface area contributed by atoms with Crippen LogP contribution in [0.15, 0.2) is 15.9 Å². The van der Waals surface area contributed by atoms with Crippen LogP contribution in [0.25, 0.3) is 0 Å². The molecule has 1 rings (SSSR count). The van der Waals surface area contributed by atoms with Gasteiger partial charge in [-0.3, -0.25) is 0 Å². The fourth-order valence-electron chi connectivity index (χ4n) is 1.39. The van der Waals surface area contributed by atoms with Gasteiger partial charge >= 0.3 is 0 Å². The van der Waals surface area contributed by atoms with E-state index in [1.54, 1.807) is 18.4 Å². The third-order valence-corrected chi connectivity index (χ3v) is 4.08. The van der Waals surface area contributed by atoms with Crippen molar-refractivity contribution in [2.75, 3.05) is 7.11 Å². The second kappa shape index (κ2) is 6.63. The lowest BCUT2D eigenvalue weighted by molar-refractivity contribution is 0.107. The highest BCUT2D eigenvalue weighted by atomic mass is 79.9. The number of halogens is 1. The minimum Gasteiger partial charge on any atom is -0.382 e. The van der Waals surface area contributed by atoms with Crippen LogP contribution in [0.4, 0.5) is 0 Å². The van der Waals surface area contributed by atoms with Crippen molar-refractivity contribution in [3.8, 4) is 0 Å². The van der Waals surface area contributed by atoms with Crippen molar-refractivity contribution in [1.82, 2.24) is 0 Å². The van der Waals surface area contributed by atoms with Gasteiger partial charge in [-0.1, -0.05) is 0 Å². The van der Waals surface area contributed by atoms with Gasteiger partial charge in [0.15, 0.2) is 0 Å². The van der Waals surface area contributed by atoms with Crippen molar-refractivity contribution in [3.63, 3.8) is 0 Å². The van der Waals surface area contributed by atoms with Gasteiger partial charge in [-0.25, -0.2) is 0 Å². The summed E-state index contributed by atoms with van der Waals surface area (Å²) in [5, 5.41) is 0. The molecule has 0 saturated carbocycles. The first-order chi connectivity index (χ1) is 7.11. The minimum atomic E-state index is 0.244. The summed E-state index contributed by atoms with van der Waals surface area (Å²) in [4.78, 5) is 1.35. The average molecular weight is 292 g/mol. The zero-order valence-electron chi connectivity index (χ0n) is 9.20. The Morgan fingerprint density at radius 3 is 2.73 bits per heavy atom. The lowest BCUT2D eigenvalue weighted by atomic mass is 10.1. The summed E-state index contributed by atoms with van der Waals surface area (Å²) in [6.45, 7) is 2.08. The second-order valence-electron chi connectivity index (χ2n) is 3.79. The average Bonchev–Trinajstić information content (AvgIpc) is 2.60. The molecule has 2 nitrogen and oxygen atoms in total. The quantitative estimate of drug-likeness (QED) is 0.874. The SMILES string of the molecule is COC(C)CCC(N)Cc1ccc(Br)s1. The van der Waals surface area contributed by atoms with Crippen LogP contribution >= 0.6 is 27.3 Å². The van der Waals surface area contributed by atoms with Gasteiger partial charge < -0.3 is 10.5 Å². The Balaban J connectivity index is 2.27. The van der Waals surface area contributed by atoms with Crippen molar-refractivity contribution in [2.24, 2.45) is 5.73 Å². The molecule has 0 aliphatic heterocycles. The van der Waals surface area contributed by atoms with E-state index in [2.05, 4.69) is 35.0 Å². The Morgan fingerprint density at radius 2 is 2.20 bits per heavy atom. The predicted molar refractivity (Wildman–Crippen MR) is 69.4 cm³/mol. The molecule has 0 aliphatic rings. The fourth-order valence-corrected chi connectivity index (χ4v) is 2.96. The Bertz CT molecular complexity index is 290. The number of hydrogen-bond acceptors (Lipinski definition) is 3. The number of hydrogen-bond donors (Lipinski definition) is 1. The van der Waals surface area contributed by atoms with Crippen LogP contribution in [-0.4, -0.2) is 19.3 Å². The van der Waals surface area contributed by atoms with Gasteiger partial charge in [-0.15, -0.1) is 11.3 Å². The summed E-state index contributed by atoms with van der Waals surface area (Å²) in [6, 6.07) is 4.45. The van der Waals surface area contributed by atoms with Gasteiger partial charge in [-0.05, 0) is 54.2 Å². The van der Waals surface area contributed by atoms with E-state index in [4.69, 9.17) is 10.5 Å². The maximum atomic E-state index is 6.05. The van der Waals surface area contributed by atoms with Crippen molar-refractivity contribution in [1.29, 1.82) is 0 Å². The maximum absolute atomic E-state index is 6.05. The first kappa shape index (κ1) is 13.2. The van der Waals surface area contributed by atoms with Crippen LogP contribution < -0.4 is 5.73 Å². The zero-order chi connectivity index (χ0) is 11.3. The third kappa shape index (κ3) is 5.11. The van der Waals surface area contributed by atoms with Gasteiger partial charge in [-0.2, -0.15) is 0 Å². The van der Waals surface area contributed by atoms with E-state index in [1.165, 1.54) is 8.66 Å². The van der Waals surface area contributed by atoms with Crippen LogP contribution in [0.3, 0.4) is 0 Å². The summed E-state index contributed by atoms with van der Waals surface area (Å²) in [6.07, 6.45) is 3.33. The number of thiophene rings is 1. The smallest absolute Gasteiger partial charge is 0.0701 e. The van der Waals surface area contributed by atoms with Gasteiger partial charge in [0, 0.05) is 18.0 Å². The molecule has 2 atom stereocenters. The minimum absolute atomic E-state index is 0.244. The van der Waals surface area contributed by atoms with E-state index in [0.717, 1.165) is 19.3 Å². The topological polar surface area (TPSA) is 35.2 Å². The van der Waals surface area contributed by atoms with Gasteiger partial charge in [0.1, 0.15) is 0 Å². The summed E-state index contributed by atoms with van der Waals surface area (Å²) in [5.41, 5.74) is 6.05. The van der Waals surface area contributed by atoms with Crippen molar-refractivity contribution >= 4 is 27.3 Å². The molecule has 1 aromatic heterocycles. The Labute approximate surface area is 104 Å². The molecule has 0 amide bonds. The molecule has 15 heavy (non-hydrogen) atoms. The number of rotatable bonds is 6. The molecule has 0 aromatic carbocycles. The first-order valence-corrected chi connectivity index (χ1v) is 6.75. The molecule has 4 heteroatoms. The lowest BCUT2D eigenvalue weighted by Crippen LogP contribution is -2.24. The van der Waals surface area contributed by atoms with Crippen molar-refractivity contribution in [2.45, 2.75) is 38.3 Å². The number of methoxy groups -OCH3 is 1. The largest absolute Gasteiger partial charge is 0.382 e. The normalized spacial score (nSPS) is 15.2. The van der Waals surface area contributed by atoms with Crippen molar-refractivity contribution in [3.05, 3.63) is 20.8 Å². The molecule has 1 aromatic rings. The zero-order valence-corrected chi connectivity index (χ0v) is 11.6. The second-order valence-corrected chi connectivity index (χ2v) is 6.34. The van der Waals surface area contributed by atoms with Crippen LogP contribution in [0.5, 0.6) is 0 Å². The summed E-state index contributed by atoms with van der Waals surface area (Å²) >= 11 is 5.21. The highest BCUT2D eigenvalue weighted by Gasteiger charge is 2.08. The lowest BCUT2D eigenvalue weighted by Gasteiger charge is -2.13. The standard InChI is InChI=1S/C11H18BrNOS/c1-8(14-2)3-4-9(13)7-10-5-6-11(12)15-10/h5-6,8-9H,3-4,7,13H2,1-2H3. The van der Waals surface area contributed by atoms with Gasteiger partial charge in [0.05, 0.1) is 9.89 Å². The highest BCUT2D eigenvalue weighted by Crippen LogP contribution is 2.23. The number of nitrogens with two attached hydrogens (primary N) is 1. The maximum Gasteiger partial charge on any atom is 0.0701 e. The van der Waals surface area contributed by atoms with Crippen molar-refractivity contribution < 1.29 is 4.74 Å². The number of ether oxygens (including phenoxy) is 1. The van der Waals surface area contributed by atoms with E-state index < -0.39 is 0 Å². The summed E-state index contributed by atoms with van der Waals surface area (Å²) < 4.78 is 6.37. The molecule has 2 N–H and O–H groups in total. The third-order valence-electron chi connectivity index (χ3n) is 2.44. The van der Waals surface area contributed by atoms with Crippen LogP contribution in [0.2, 0.25) is 0 Å². The molecule has 0 fully saturated rings. The molecule has 86 valence electrons. The van der Waals surface area contributed by atoms with Crippen LogP contribution in [0.1, 0.15) is 24.6 Å². The van der Waals surface area contributed by atoms with E-state index in [9.17, 15) is 0 Å². The van der Waals surface area contributed by atoms with Crippen LogP contribution in [0, 0.1) is 0 Å². The molecule has 1 heterocycles. The van der Waals surface area contributed by atoms with E-state index >= 15 is 0 Å². The molecular formula is C11H18BrNOS. The summed E-state index contributed by atoms with van der Waals surface area (Å²) in [5.74, 6) is 0. The Hall–Kier alpha value is 0.1000. The molecule has 0 saturated heterocycles. The van der Waals surface area contributed by atoms with Gasteiger partial charge in [0.2, 0.25) is 0 Å². The molecule has 2 unspecified atom stereocenters. The molecule has 0 bridgehead atoms.